The molecule has 2 aromatic rings. The molecule has 38 heavy (non-hydrogen) atoms. The van der Waals surface area contributed by atoms with Crippen LogP contribution in [0.15, 0.2) is 58.7 Å². The lowest BCUT2D eigenvalue weighted by molar-refractivity contribution is -0.146. The van der Waals surface area contributed by atoms with E-state index < -0.39 is 11.8 Å². The Balaban J connectivity index is 1.77. The molecule has 0 aromatic heterocycles. The molecule has 1 aliphatic heterocycles. The summed E-state index contributed by atoms with van der Waals surface area (Å²) in [4.78, 5) is 32.2. The highest BCUT2D eigenvalue weighted by Gasteiger charge is 2.46. The summed E-state index contributed by atoms with van der Waals surface area (Å²) < 4.78 is 22.2. The van der Waals surface area contributed by atoms with Crippen molar-refractivity contribution in [1.82, 2.24) is 0 Å². The monoisotopic (exact) mass is 519 g/mol. The van der Waals surface area contributed by atoms with Gasteiger partial charge < -0.3 is 18.9 Å². The average Bonchev–Trinajstić information content (AvgIpc) is 2.94. The number of esters is 1. The normalized spacial score (nSPS) is 20.9. The molecular formula is C31H37NO6. The predicted molar refractivity (Wildman–Crippen MR) is 146 cm³/mol. The van der Waals surface area contributed by atoms with Gasteiger partial charge in [0.2, 0.25) is 0 Å². The van der Waals surface area contributed by atoms with Crippen LogP contribution in [-0.4, -0.2) is 45.4 Å². The zero-order chi connectivity index (χ0) is 27.2. The van der Waals surface area contributed by atoms with Crippen LogP contribution >= 0.6 is 0 Å². The van der Waals surface area contributed by atoms with Crippen molar-refractivity contribution in [1.29, 1.82) is 0 Å². The third-order valence-corrected chi connectivity index (χ3v) is 7.49. The molecule has 2 aliphatic rings. The number of methoxy groups -OCH3 is 3. The highest BCUT2D eigenvalue weighted by Crippen LogP contribution is 2.49. The maximum Gasteiger partial charge on any atom is 0.315 e. The third-order valence-electron chi connectivity index (χ3n) is 7.49. The van der Waals surface area contributed by atoms with E-state index in [1.165, 1.54) is 0 Å². The second kappa shape index (κ2) is 12.3. The first-order valence-corrected chi connectivity index (χ1v) is 13.3. The number of carbonyl (C=O) groups is 2. The number of hydrogen-bond donors (Lipinski definition) is 0. The molecule has 0 spiro atoms. The van der Waals surface area contributed by atoms with Crippen LogP contribution in [0.3, 0.4) is 0 Å². The Labute approximate surface area is 224 Å². The molecule has 7 heteroatoms. The van der Waals surface area contributed by atoms with E-state index in [9.17, 15) is 9.59 Å². The smallest absolute Gasteiger partial charge is 0.315 e. The highest BCUT2D eigenvalue weighted by atomic mass is 16.5. The van der Waals surface area contributed by atoms with E-state index in [2.05, 4.69) is 6.92 Å². The predicted octanol–water partition coefficient (Wildman–Crippen LogP) is 6.02. The second-order valence-corrected chi connectivity index (χ2v) is 9.85. The summed E-state index contributed by atoms with van der Waals surface area (Å²) in [5.41, 5.74) is 3.72. The molecule has 4 rings (SSSR count). The number of ketones is 1. The first-order chi connectivity index (χ1) is 18.4. The first kappa shape index (κ1) is 27.4. The van der Waals surface area contributed by atoms with Crippen molar-refractivity contribution in [3.8, 4) is 17.2 Å². The molecule has 7 nitrogen and oxygen atoms in total. The average molecular weight is 520 g/mol. The number of hydrogen-bond acceptors (Lipinski definition) is 7. The Morgan fingerprint density at radius 3 is 2.32 bits per heavy atom. The van der Waals surface area contributed by atoms with Crippen molar-refractivity contribution in [2.75, 3.05) is 27.9 Å². The summed E-state index contributed by atoms with van der Waals surface area (Å²) in [6, 6.07) is 13.3. The molecule has 0 saturated heterocycles. The maximum atomic E-state index is 13.9. The minimum Gasteiger partial charge on any atom is -0.497 e. The Hall–Kier alpha value is -3.61. The van der Waals surface area contributed by atoms with Gasteiger partial charge in [-0.3, -0.25) is 14.6 Å². The lowest BCUT2D eigenvalue weighted by Crippen LogP contribution is -2.38. The zero-order valence-electron chi connectivity index (χ0n) is 22.9. The molecular weight excluding hydrogens is 482 g/mol. The van der Waals surface area contributed by atoms with Gasteiger partial charge in [-0.25, -0.2) is 0 Å². The number of nitrogens with zero attached hydrogens (tertiary/aromatic N) is 1. The van der Waals surface area contributed by atoms with Crippen LogP contribution < -0.4 is 14.2 Å². The van der Waals surface area contributed by atoms with E-state index >= 15 is 0 Å². The van der Waals surface area contributed by atoms with Crippen LogP contribution in [0.2, 0.25) is 0 Å². The van der Waals surface area contributed by atoms with Crippen molar-refractivity contribution < 1.29 is 28.5 Å². The number of aliphatic imine (C=N–C) groups is 1. The number of rotatable bonds is 10. The zero-order valence-corrected chi connectivity index (χ0v) is 22.9. The minimum atomic E-state index is -0.724. The molecule has 0 bridgehead atoms. The Morgan fingerprint density at radius 2 is 1.66 bits per heavy atom. The van der Waals surface area contributed by atoms with E-state index in [-0.39, 0.29) is 17.7 Å². The first-order valence-electron chi connectivity index (χ1n) is 13.3. The van der Waals surface area contributed by atoms with Gasteiger partial charge in [-0.15, -0.1) is 0 Å². The largest absolute Gasteiger partial charge is 0.497 e. The molecule has 0 radical (unpaired) electrons. The van der Waals surface area contributed by atoms with Crippen LogP contribution in [0.1, 0.15) is 68.9 Å². The van der Waals surface area contributed by atoms with Crippen molar-refractivity contribution in [3.05, 3.63) is 64.9 Å². The highest BCUT2D eigenvalue weighted by molar-refractivity contribution is 6.09. The summed E-state index contributed by atoms with van der Waals surface area (Å²) in [7, 11) is 4.81. The van der Waals surface area contributed by atoms with E-state index in [1.54, 1.807) is 21.3 Å². The fourth-order valence-corrected chi connectivity index (χ4v) is 5.51. The SMILES string of the molecule is CCCCCOC(=O)C1C(C)=NC2=C(C(=O)C[C@H](c3ccc(OC)cc3)C2)[C@H]1c1cc(OC)ccc1OC. The number of carbonyl (C=O) groups excluding carboxylic acids is 2. The second-order valence-electron chi connectivity index (χ2n) is 9.85. The summed E-state index contributed by atoms with van der Waals surface area (Å²) in [5.74, 6) is 0.301. The molecule has 2 aromatic carbocycles. The topological polar surface area (TPSA) is 83.4 Å². The van der Waals surface area contributed by atoms with Crippen molar-refractivity contribution in [2.45, 2.75) is 57.8 Å². The van der Waals surface area contributed by atoms with E-state index in [1.807, 2.05) is 49.4 Å². The minimum absolute atomic E-state index is 0.00546. The fraction of sp³-hybridized carbons (Fsp3) is 0.452. The Kier molecular flexibility index (Phi) is 8.87. The molecule has 1 heterocycles. The Morgan fingerprint density at radius 1 is 0.947 bits per heavy atom. The third kappa shape index (κ3) is 5.62. The van der Waals surface area contributed by atoms with Crippen LogP contribution in [-0.2, 0) is 14.3 Å². The molecule has 0 saturated carbocycles. The molecule has 1 aliphatic carbocycles. The van der Waals surface area contributed by atoms with Crippen molar-refractivity contribution in [3.63, 3.8) is 0 Å². The summed E-state index contributed by atoms with van der Waals surface area (Å²) in [5, 5.41) is 0. The van der Waals surface area contributed by atoms with Gasteiger partial charge in [0.15, 0.2) is 5.78 Å². The maximum absolute atomic E-state index is 13.9. The van der Waals surface area contributed by atoms with Crippen LogP contribution in [0.4, 0.5) is 0 Å². The molecule has 0 amide bonds. The number of allylic oxidation sites excluding steroid dienone is 2. The summed E-state index contributed by atoms with van der Waals surface area (Å²) in [6.45, 7) is 4.30. The van der Waals surface area contributed by atoms with Gasteiger partial charge in [-0.1, -0.05) is 31.9 Å². The van der Waals surface area contributed by atoms with Gasteiger partial charge in [0.05, 0.1) is 27.9 Å². The Bertz CT molecular complexity index is 1230. The van der Waals surface area contributed by atoms with Gasteiger partial charge in [0.1, 0.15) is 23.2 Å². The molecule has 1 unspecified atom stereocenters. The van der Waals surface area contributed by atoms with Crippen LogP contribution in [0.5, 0.6) is 17.2 Å². The van der Waals surface area contributed by atoms with Gasteiger partial charge in [-0.2, -0.15) is 0 Å². The standard InChI is InChI=1S/C31H37NO6/c1-6-7-8-15-38-31(34)28-19(2)32-25-16-21(20-9-11-22(35-3)12-10-20)17-26(33)30(25)29(28)24-18-23(36-4)13-14-27(24)37-5/h9-14,18,21,28-29H,6-8,15-17H2,1-5H3/t21-,28?,29+/m1/s1. The van der Waals surface area contributed by atoms with Crippen LogP contribution in [0, 0.1) is 5.92 Å². The summed E-state index contributed by atoms with van der Waals surface area (Å²) >= 11 is 0. The quantitative estimate of drug-likeness (QED) is 0.282. The lowest BCUT2D eigenvalue weighted by atomic mass is 9.69. The fourth-order valence-electron chi connectivity index (χ4n) is 5.51. The number of unbranched alkanes of at least 4 members (excludes halogenated alkanes) is 2. The van der Waals surface area contributed by atoms with Crippen molar-refractivity contribution >= 4 is 17.5 Å². The van der Waals surface area contributed by atoms with Gasteiger partial charge in [-0.05, 0) is 61.6 Å². The van der Waals surface area contributed by atoms with Gasteiger partial charge >= 0.3 is 5.97 Å². The van der Waals surface area contributed by atoms with Gasteiger partial charge in [0, 0.05) is 34.9 Å². The molecule has 0 fully saturated rings. The number of Topliss-reactive ketones (excluding diaryl/α,β-unsaturated/α-hetero) is 1. The number of benzene rings is 2. The van der Waals surface area contributed by atoms with Gasteiger partial charge in [0.25, 0.3) is 0 Å². The summed E-state index contributed by atoms with van der Waals surface area (Å²) in [6.07, 6.45) is 3.76. The molecule has 3 atom stereocenters. The van der Waals surface area contributed by atoms with E-state index in [0.717, 1.165) is 41.8 Å². The van der Waals surface area contributed by atoms with Crippen molar-refractivity contribution in [2.24, 2.45) is 10.9 Å². The van der Waals surface area contributed by atoms with E-state index in [0.29, 0.717) is 42.2 Å². The lowest BCUT2D eigenvalue weighted by Gasteiger charge is -2.37. The van der Waals surface area contributed by atoms with Crippen LogP contribution in [0.25, 0.3) is 0 Å². The number of ether oxygens (including phenoxy) is 4. The molecule has 202 valence electrons. The van der Waals surface area contributed by atoms with E-state index in [4.69, 9.17) is 23.9 Å². The molecule has 0 N–H and O–H groups in total.